The summed E-state index contributed by atoms with van der Waals surface area (Å²) in [4.78, 5) is 11.5. The first-order chi connectivity index (χ1) is 8.89. The average Bonchev–Trinajstić information content (AvgIpc) is 2.70. The maximum atomic E-state index is 11.5. The summed E-state index contributed by atoms with van der Waals surface area (Å²) < 4.78 is 32.1. The molecule has 2 rings (SSSR count). The quantitative estimate of drug-likeness (QED) is 0.641. The molecule has 0 atom stereocenters. The molecule has 0 saturated carbocycles. The first-order valence-electron chi connectivity index (χ1n) is 5.51. The average molecular weight is 303 g/mol. The van der Waals surface area contributed by atoms with Gasteiger partial charge in [-0.15, -0.1) is 0 Å². The van der Waals surface area contributed by atoms with Gasteiger partial charge < -0.3 is 9.15 Å². The Balaban J connectivity index is 2.36. The third kappa shape index (κ3) is 3.48. The standard InChI is InChI=1S/C12H11ClO5S/c1-2-17-12(14)11-6-9-4-3-8(5-10(9)18-11)7-19(13,15)16/h3-6H,2,7H2,1H3. The van der Waals surface area contributed by atoms with Gasteiger partial charge in [0.05, 0.1) is 12.4 Å². The van der Waals surface area contributed by atoms with Gasteiger partial charge in [0.15, 0.2) is 0 Å². The Labute approximate surface area is 114 Å². The molecule has 0 radical (unpaired) electrons. The summed E-state index contributed by atoms with van der Waals surface area (Å²) in [5.41, 5.74) is 0.910. The van der Waals surface area contributed by atoms with Crippen LogP contribution in [-0.2, 0) is 19.5 Å². The molecule has 0 spiro atoms. The first-order valence-corrected chi connectivity index (χ1v) is 7.99. The lowest BCUT2D eigenvalue weighted by atomic mass is 10.2. The van der Waals surface area contributed by atoms with Crippen LogP contribution >= 0.6 is 10.7 Å². The third-order valence-electron chi connectivity index (χ3n) is 2.40. The van der Waals surface area contributed by atoms with Crippen LogP contribution in [0.1, 0.15) is 23.0 Å². The van der Waals surface area contributed by atoms with E-state index in [1.165, 1.54) is 6.07 Å². The van der Waals surface area contributed by atoms with Crippen LogP contribution < -0.4 is 0 Å². The molecule has 0 saturated heterocycles. The molecule has 0 bridgehead atoms. The summed E-state index contributed by atoms with van der Waals surface area (Å²) in [6, 6.07) is 6.37. The van der Waals surface area contributed by atoms with Gasteiger partial charge in [0.2, 0.25) is 14.8 Å². The fourth-order valence-corrected chi connectivity index (χ4v) is 2.62. The molecule has 0 aliphatic rings. The summed E-state index contributed by atoms with van der Waals surface area (Å²) >= 11 is 0. The van der Waals surface area contributed by atoms with Gasteiger partial charge in [-0.05, 0) is 24.6 Å². The second-order valence-corrected chi connectivity index (χ2v) is 6.66. The van der Waals surface area contributed by atoms with Crippen LogP contribution in [-0.4, -0.2) is 21.0 Å². The van der Waals surface area contributed by atoms with Gasteiger partial charge in [0, 0.05) is 16.1 Å². The number of rotatable bonds is 4. The minimum Gasteiger partial charge on any atom is -0.460 e. The van der Waals surface area contributed by atoms with Crippen molar-refractivity contribution >= 4 is 36.7 Å². The third-order valence-corrected chi connectivity index (χ3v) is 3.41. The van der Waals surface area contributed by atoms with Gasteiger partial charge in [-0.25, -0.2) is 13.2 Å². The van der Waals surface area contributed by atoms with Crippen LogP contribution in [0.4, 0.5) is 0 Å². The second kappa shape index (κ2) is 5.22. The zero-order valence-electron chi connectivity index (χ0n) is 10.1. The number of esters is 1. The summed E-state index contributed by atoms with van der Waals surface area (Å²) in [6.45, 7) is 1.95. The molecule has 0 aliphatic heterocycles. The molecule has 0 N–H and O–H groups in total. The number of halogens is 1. The number of hydrogen-bond donors (Lipinski definition) is 0. The van der Waals surface area contributed by atoms with Crippen molar-refractivity contribution in [3.8, 4) is 0 Å². The Bertz CT molecular complexity index is 717. The maximum Gasteiger partial charge on any atom is 0.374 e. The predicted molar refractivity (Wildman–Crippen MR) is 70.6 cm³/mol. The van der Waals surface area contributed by atoms with Gasteiger partial charge in [-0.1, -0.05) is 12.1 Å². The van der Waals surface area contributed by atoms with Crippen molar-refractivity contribution in [1.29, 1.82) is 0 Å². The van der Waals surface area contributed by atoms with E-state index in [4.69, 9.17) is 19.8 Å². The lowest BCUT2D eigenvalue weighted by Gasteiger charge is -1.97. The number of benzene rings is 1. The van der Waals surface area contributed by atoms with Crippen molar-refractivity contribution < 1.29 is 22.4 Å². The Morgan fingerprint density at radius 2 is 2.11 bits per heavy atom. The molecule has 1 heterocycles. The van der Waals surface area contributed by atoms with Crippen LogP contribution in [0.3, 0.4) is 0 Å². The molecule has 5 nitrogen and oxygen atoms in total. The highest BCUT2D eigenvalue weighted by molar-refractivity contribution is 8.13. The van der Waals surface area contributed by atoms with Crippen LogP contribution in [0, 0.1) is 0 Å². The van der Waals surface area contributed by atoms with Gasteiger partial charge in [-0.3, -0.25) is 0 Å². The lowest BCUT2D eigenvalue weighted by molar-refractivity contribution is 0.0492. The number of carbonyl (C=O) groups is 1. The molecule has 0 amide bonds. The normalized spacial score (nSPS) is 11.7. The Morgan fingerprint density at radius 1 is 1.37 bits per heavy atom. The van der Waals surface area contributed by atoms with E-state index in [2.05, 4.69) is 0 Å². The van der Waals surface area contributed by atoms with E-state index < -0.39 is 15.0 Å². The summed E-state index contributed by atoms with van der Waals surface area (Å²) in [5.74, 6) is -0.757. The molecular weight excluding hydrogens is 292 g/mol. The zero-order valence-corrected chi connectivity index (χ0v) is 11.6. The molecule has 1 aromatic heterocycles. The van der Waals surface area contributed by atoms with E-state index in [0.717, 1.165) is 0 Å². The van der Waals surface area contributed by atoms with Crippen molar-refractivity contribution in [2.24, 2.45) is 0 Å². The Hall–Kier alpha value is -1.53. The largest absolute Gasteiger partial charge is 0.460 e. The van der Waals surface area contributed by atoms with E-state index in [1.807, 2.05) is 0 Å². The highest BCUT2D eigenvalue weighted by Crippen LogP contribution is 2.22. The van der Waals surface area contributed by atoms with Crippen LogP contribution in [0.2, 0.25) is 0 Å². The highest BCUT2D eigenvalue weighted by Gasteiger charge is 2.14. The number of furan rings is 1. The van der Waals surface area contributed by atoms with Crippen LogP contribution in [0.25, 0.3) is 11.0 Å². The molecular formula is C12H11ClO5S. The monoisotopic (exact) mass is 302 g/mol. The van der Waals surface area contributed by atoms with E-state index in [0.29, 0.717) is 16.5 Å². The van der Waals surface area contributed by atoms with Gasteiger partial charge in [-0.2, -0.15) is 0 Å². The van der Waals surface area contributed by atoms with Gasteiger partial charge >= 0.3 is 5.97 Å². The van der Waals surface area contributed by atoms with Crippen molar-refractivity contribution in [3.63, 3.8) is 0 Å². The van der Waals surface area contributed by atoms with E-state index in [-0.39, 0.29) is 18.1 Å². The summed E-state index contributed by atoms with van der Waals surface area (Å²) in [5, 5.41) is 0.693. The minimum absolute atomic E-state index is 0.0859. The molecule has 0 fully saturated rings. The number of hydrogen-bond acceptors (Lipinski definition) is 5. The molecule has 1 aromatic carbocycles. The predicted octanol–water partition coefficient (Wildman–Crippen LogP) is 2.68. The highest BCUT2D eigenvalue weighted by atomic mass is 35.7. The fraction of sp³-hybridized carbons (Fsp3) is 0.250. The minimum atomic E-state index is -3.63. The van der Waals surface area contributed by atoms with Crippen molar-refractivity contribution in [2.75, 3.05) is 6.61 Å². The summed E-state index contributed by atoms with van der Waals surface area (Å²) in [6.07, 6.45) is 0. The second-order valence-electron chi connectivity index (χ2n) is 3.89. The van der Waals surface area contributed by atoms with Crippen molar-refractivity contribution in [3.05, 3.63) is 35.6 Å². The summed E-state index contributed by atoms with van der Waals surface area (Å²) in [7, 11) is 1.56. The molecule has 2 aromatic rings. The first kappa shape index (κ1) is 13.9. The van der Waals surface area contributed by atoms with Crippen molar-refractivity contribution in [1.82, 2.24) is 0 Å². The molecule has 102 valence electrons. The maximum absolute atomic E-state index is 11.5. The molecule has 0 aliphatic carbocycles. The van der Waals surface area contributed by atoms with Crippen LogP contribution in [0.15, 0.2) is 28.7 Å². The molecule has 7 heteroatoms. The topological polar surface area (TPSA) is 73.6 Å². The van der Waals surface area contributed by atoms with E-state index in [9.17, 15) is 13.2 Å². The Kier molecular flexibility index (Phi) is 3.82. The smallest absolute Gasteiger partial charge is 0.374 e. The molecule has 0 unspecified atom stereocenters. The van der Waals surface area contributed by atoms with Crippen molar-refractivity contribution in [2.45, 2.75) is 12.7 Å². The number of carbonyl (C=O) groups excluding carboxylic acids is 1. The zero-order chi connectivity index (χ0) is 14.0. The van der Waals surface area contributed by atoms with Crippen LogP contribution in [0.5, 0.6) is 0 Å². The lowest BCUT2D eigenvalue weighted by Crippen LogP contribution is -2.02. The Morgan fingerprint density at radius 3 is 2.74 bits per heavy atom. The fourth-order valence-electron chi connectivity index (χ4n) is 1.67. The number of fused-ring (bicyclic) bond motifs is 1. The van der Waals surface area contributed by atoms with E-state index >= 15 is 0 Å². The molecule has 19 heavy (non-hydrogen) atoms. The van der Waals surface area contributed by atoms with Gasteiger partial charge in [0.1, 0.15) is 5.58 Å². The van der Waals surface area contributed by atoms with Gasteiger partial charge in [0.25, 0.3) is 0 Å². The van der Waals surface area contributed by atoms with E-state index in [1.54, 1.807) is 25.1 Å². The SMILES string of the molecule is CCOC(=O)c1cc2ccc(CS(=O)(=O)Cl)cc2o1. The number of ether oxygens (including phenoxy) is 1.